The Hall–Kier alpha value is -0.800. The number of carbonyl (C=O) groups excluding carboxylic acids is 1. The van der Waals surface area contributed by atoms with Crippen LogP contribution >= 0.6 is 12.2 Å². The first-order chi connectivity index (χ1) is 13.1. The number of aldehydes is 1. The van der Waals surface area contributed by atoms with Crippen LogP contribution in [0.3, 0.4) is 0 Å². The van der Waals surface area contributed by atoms with Crippen LogP contribution in [0.1, 0.15) is 73.1 Å². The topological polar surface area (TPSA) is 37.3 Å². The van der Waals surface area contributed by atoms with Gasteiger partial charge >= 0.3 is 0 Å². The Bertz CT molecular complexity index is 761. The maximum absolute atomic E-state index is 11.6. The van der Waals surface area contributed by atoms with E-state index in [-0.39, 0.29) is 28.8 Å². The number of allylic oxidation sites excluding steroid dienone is 4. The molecule has 1 N–H and O–H groups in total. The number of hydrogen-bond acceptors (Lipinski definition) is 3. The number of rotatable bonds is 2. The smallest absolute Gasteiger partial charge is 0.126 e. The molecular weight excluding hydrogens is 364 g/mol. The quantitative estimate of drug-likeness (QED) is 0.368. The van der Waals surface area contributed by atoms with E-state index in [4.69, 9.17) is 12.2 Å². The highest BCUT2D eigenvalue weighted by atomic mass is 32.1. The van der Waals surface area contributed by atoms with Crippen LogP contribution in [0.15, 0.2) is 22.8 Å². The summed E-state index contributed by atoms with van der Waals surface area (Å²) in [5.41, 5.74) is 4.56. The zero-order chi connectivity index (χ0) is 20.4. The predicted molar refractivity (Wildman–Crippen MR) is 118 cm³/mol. The van der Waals surface area contributed by atoms with Gasteiger partial charge in [0.1, 0.15) is 6.29 Å². The zero-order valence-electron chi connectivity index (χ0n) is 18.1. The first kappa shape index (κ1) is 20.5. The molecule has 0 saturated heterocycles. The van der Waals surface area contributed by atoms with Crippen molar-refractivity contribution in [2.24, 2.45) is 40.4 Å². The summed E-state index contributed by atoms with van der Waals surface area (Å²) in [6.07, 6.45) is 9.25. The predicted octanol–water partition coefficient (Wildman–Crippen LogP) is 5.69. The van der Waals surface area contributed by atoms with E-state index in [2.05, 4.69) is 40.7 Å². The van der Waals surface area contributed by atoms with Crippen molar-refractivity contribution in [2.75, 3.05) is 0 Å². The van der Waals surface area contributed by atoms with Crippen molar-refractivity contribution in [3.05, 3.63) is 22.8 Å². The molecular formula is C25H36O2S. The van der Waals surface area contributed by atoms with Crippen molar-refractivity contribution in [3.63, 3.8) is 0 Å². The van der Waals surface area contributed by atoms with Gasteiger partial charge in [0.2, 0.25) is 0 Å². The molecule has 154 valence electrons. The van der Waals surface area contributed by atoms with Gasteiger partial charge in [-0.1, -0.05) is 48.9 Å². The second kappa shape index (κ2) is 6.87. The van der Waals surface area contributed by atoms with Crippen LogP contribution in [-0.2, 0) is 4.79 Å². The van der Waals surface area contributed by atoms with E-state index in [9.17, 15) is 9.90 Å². The lowest BCUT2D eigenvalue weighted by atomic mass is 9.43. The van der Waals surface area contributed by atoms with E-state index in [1.165, 1.54) is 24.0 Å². The highest BCUT2D eigenvalue weighted by Crippen LogP contribution is 2.68. The third-order valence-corrected chi connectivity index (χ3v) is 9.53. The second-order valence-corrected chi connectivity index (χ2v) is 11.4. The van der Waals surface area contributed by atoms with Crippen LogP contribution in [0.2, 0.25) is 0 Å². The molecule has 0 spiro atoms. The highest BCUT2D eigenvalue weighted by Gasteiger charge is 2.63. The zero-order valence-corrected chi connectivity index (χ0v) is 18.9. The lowest BCUT2D eigenvalue weighted by molar-refractivity contribution is -0.123. The molecule has 4 aliphatic rings. The minimum Gasteiger partial charge on any atom is -0.393 e. The summed E-state index contributed by atoms with van der Waals surface area (Å²) >= 11 is 5.80. The third kappa shape index (κ3) is 2.75. The van der Waals surface area contributed by atoms with Gasteiger partial charge < -0.3 is 9.90 Å². The summed E-state index contributed by atoms with van der Waals surface area (Å²) in [5.74, 6) is 1.72. The fourth-order valence-corrected chi connectivity index (χ4v) is 8.27. The van der Waals surface area contributed by atoms with E-state index in [0.717, 1.165) is 36.8 Å². The number of fused-ring (bicyclic) bond motifs is 5. The van der Waals surface area contributed by atoms with Gasteiger partial charge in [0.25, 0.3) is 0 Å². The molecule has 3 fully saturated rings. The van der Waals surface area contributed by atoms with Crippen LogP contribution in [0.25, 0.3) is 0 Å². The van der Waals surface area contributed by atoms with Crippen molar-refractivity contribution in [2.45, 2.75) is 79.2 Å². The van der Waals surface area contributed by atoms with Gasteiger partial charge in [0.15, 0.2) is 0 Å². The number of aliphatic hydroxyl groups excluding tert-OH is 1. The molecule has 0 aliphatic heterocycles. The van der Waals surface area contributed by atoms with Gasteiger partial charge in [-0.05, 0) is 98.7 Å². The molecule has 0 amide bonds. The largest absolute Gasteiger partial charge is 0.393 e. The normalized spacial score (nSPS) is 47.5. The molecule has 4 aliphatic carbocycles. The van der Waals surface area contributed by atoms with Crippen molar-refractivity contribution in [1.82, 2.24) is 0 Å². The fourth-order valence-electron chi connectivity index (χ4n) is 8.03. The van der Waals surface area contributed by atoms with Crippen LogP contribution in [-0.4, -0.2) is 22.4 Å². The molecule has 28 heavy (non-hydrogen) atoms. The lowest BCUT2D eigenvalue weighted by Crippen LogP contribution is -2.59. The number of thiocarbonyl (C=S) groups is 1. The number of hydrogen-bond donors (Lipinski definition) is 1. The van der Waals surface area contributed by atoms with E-state index >= 15 is 0 Å². The van der Waals surface area contributed by atoms with Crippen LogP contribution in [0.4, 0.5) is 0 Å². The molecule has 8 atom stereocenters. The van der Waals surface area contributed by atoms with E-state index in [1.807, 2.05) is 0 Å². The Morgan fingerprint density at radius 2 is 1.93 bits per heavy atom. The molecule has 0 aromatic heterocycles. The Labute approximate surface area is 175 Å². The number of carbonyl (C=O) groups is 1. The maximum atomic E-state index is 11.6. The minimum absolute atomic E-state index is 0.0138. The van der Waals surface area contributed by atoms with Gasteiger partial charge in [-0.3, -0.25) is 0 Å². The SMILES string of the molecule is CC(=S)C1CC2=CC(C=O)CC[C@]2(C)[C@H]2C(O)C[C@]3(C)C(=C(C)C)CC[C@H]3[C@H]12. The Morgan fingerprint density at radius 3 is 2.54 bits per heavy atom. The molecule has 3 heteroatoms. The van der Waals surface area contributed by atoms with Gasteiger partial charge in [0, 0.05) is 5.92 Å². The summed E-state index contributed by atoms with van der Waals surface area (Å²) in [6, 6.07) is 0. The molecule has 4 rings (SSSR count). The van der Waals surface area contributed by atoms with Crippen LogP contribution < -0.4 is 0 Å². The first-order valence-corrected chi connectivity index (χ1v) is 11.6. The number of aliphatic hydroxyl groups is 1. The minimum atomic E-state index is -0.294. The van der Waals surface area contributed by atoms with Crippen molar-refractivity contribution >= 4 is 23.4 Å². The van der Waals surface area contributed by atoms with Crippen molar-refractivity contribution in [3.8, 4) is 0 Å². The monoisotopic (exact) mass is 400 g/mol. The fraction of sp³-hybridized carbons (Fsp3) is 0.760. The van der Waals surface area contributed by atoms with Crippen molar-refractivity contribution < 1.29 is 9.90 Å². The molecule has 3 unspecified atom stereocenters. The van der Waals surface area contributed by atoms with Gasteiger partial charge in [-0.25, -0.2) is 0 Å². The van der Waals surface area contributed by atoms with E-state index < -0.39 is 0 Å². The van der Waals surface area contributed by atoms with Gasteiger partial charge in [0.05, 0.1) is 6.10 Å². The average Bonchev–Trinajstić information content (AvgIpc) is 2.96. The maximum Gasteiger partial charge on any atom is 0.126 e. The molecule has 3 saturated carbocycles. The Balaban J connectivity index is 1.84. The molecule has 0 aromatic carbocycles. The van der Waals surface area contributed by atoms with Crippen LogP contribution in [0, 0.1) is 40.4 Å². The summed E-state index contributed by atoms with van der Waals surface area (Å²) in [5, 5.41) is 11.6. The van der Waals surface area contributed by atoms with Gasteiger partial charge in [-0.15, -0.1) is 0 Å². The molecule has 0 radical (unpaired) electrons. The van der Waals surface area contributed by atoms with Crippen LogP contribution in [0.5, 0.6) is 0 Å². The summed E-state index contributed by atoms with van der Waals surface area (Å²) in [6.45, 7) is 11.4. The van der Waals surface area contributed by atoms with E-state index in [1.54, 1.807) is 5.57 Å². The summed E-state index contributed by atoms with van der Waals surface area (Å²) in [7, 11) is 0. The lowest BCUT2D eigenvalue weighted by Gasteiger charge is -2.62. The molecule has 0 heterocycles. The Kier molecular flexibility index (Phi) is 5.03. The molecule has 0 aromatic rings. The highest BCUT2D eigenvalue weighted by molar-refractivity contribution is 7.80. The second-order valence-electron chi connectivity index (χ2n) is 10.8. The van der Waals surface area contributed by atoms with E-state index in [0.29, 0.717) is 17.8 Å². The Morgan fingerprint density at radius 1 is 1.21 bits per heavy atom. The van der Waals surface area contributed by atoms with Crippen molar-refractivity contribution in [1.29, 1.82) is 0 Å². The summed E-state index contributed by atoms with van der Waals surface area (Å²) < 4.78 is 0. The molecule has 0 bridgehead atoms. The first-order valence-electron chi connectivity index (χ1n) is 11.1. The average molecular weight is 401 g/mol. The summed E-state index contributed by atoms with van der Waals surface area (Å²) in [4.78, 5) is 12.6. The molecule has 2 nitrogen and oxygen atoms in total. The third-order valence-electron chi connectivity index (χ3n) is 9.23. The van der Waals surface area contributed by atoms with Gasteiger partial charge in [-0.2, -0.15) is 0 Å². The standard InChI is InChI=1S/C25H36O2S/c1-14(2)19-6-7-20-22-18(15(3)28)11-17-10-16(13-26)8-9-24(17,4)23(22)21(27)12-25(19,20)5/h10,13,16,18,20-23,27H,6-9,11-12H2,1-5H3/t16?,18?,20-,21?,22-,23-,24-,25+/m0/s1.